The summed E-state index contributed by atoms with van der Waals surface area (Å²) < 4.78 is 40.0. The first kappa shape index (κ1) is 17.8. The summed E-state index contributed by atoms with van der Waals surface area (Å²) in [5.41, 5.74) is 0.960. The molecule has 0 saturated carbocycles. The Kier molecular flexibility index (Phi) is 7.57. The lowest BCUT2D eigenvalue weighted by molar-refractivity contribution is -0.274. The van der Waals surface area contributed by atoms with Gasteiger partial charge in [0.05, 0.1) is 0 Å². The molecule has 1 atom stereocenters. The van der Waals surface area contributed by atoms with Gasteiger partial charge in [0.25, 0.3) is 0 Å². The molecule has 1 rings (SSSR count). The van der Waals surface area contributed by atoms with Crippen molar-refractivity contribution in [2.75, 3.05) is 0 Å². The van der Waals surface area contributed by atoms with E-state index < -0.39 is 6.36 Å². The van der Waals surface area contributed by atoms with Gasteiger partial charge in [-0.3, -0.25) is 0 Å². The van der Waals surface area contributed by atoms with Gasteiger partial charge in [-0.1, -0.05) is 45.2 Å². The maximum atomic E-state index is 12.1. The van der Waals surface area contributed by atoms with Crippen LogP contribution in [0.25, 0.3) is 0 Å². The quantitative estimate of drug-likeness (QED) is 0.690. The van der Waals surface area contributed by atoms with Gasteiger partial charge < -0.3 is 10.1 Å². The Hall–Kier alpha value is -1.23. The molecule has 0 saturated heterocycles. The molecule has 1 N–H and O–H groups in total. The van der Waals surface area contributed by atoms with Gasteiger partial charge in [0.15, 0.2) is 0 Å². The summed E-state index contributed by atoms with van der Waals surface area (Å²) in [6.07, 6.45) is 1.11. The second kappa shape index (κ2) is 8.93. The van der Waals surface area contributed by atoms with Gasteiger partial charge in [-0.25, -0.2) is 0 Å². The number of alkyl halides is 3. The highest BCUT2D eigenvalue weighted by Crippen LogP contribution is 2.22. The second-order valence-corrected chi connectivity index (χ2v) is 5.20. The number of nitrogens with one attached hydrogen (secondary N) is 1. The topological polar surface area (TPSA) is 21.3 Å². The molecule has 5 heteroatoms. The summed E-state index contributed by atoms with van der Waals surface area (Å²) in [4.78, 5) is 0. The maximum Gasteiger partial charge on any atom is 0.573 e. The van der Waals surface area contributed by atoms with Gasteiger partial charge in [-0.15, -0.1) is 13.2 Å². The fraction of sp³-hybridized carbons (Fsp3) is 0.625. The van der Waals surface area contributed by atoms with Crippen molar-refractivity contribution in [3.63, 3.8) is 0 Å². The monoisotopic (exact) mass is 303 g/mol. The molecule has 0 aliphatic rings. The fourth-order valence-electron chi connectivity index (χ4n) is 2.22. The number of unbranched alkanes of at least 4 members (excludes halogenated alkanes) is 1. The zero-order valence-electron chi connectivity index (χ0n) is 12.7. The molecule has 1 aromatic rings. The van der Waals surface area contributed by atoms with E-state index in [1.807, 2.05) is 0 Å². The van der Waals surface area contributed by atoms with Crippen LogP contribution in [0.5, 0.6) is 5.75 Å². The number of ether oxygens (including phenoxy) is 1. The summed E-state index contributed by atoms with van der Waals surface area (Å²) in [5, 5.41) is 3.48. The van der Waals surface area contributed by atoms with Crippen molar-refractivity contribution in [3.05, 3.63) is 29.8 Å². The van der Waals surface area contributed by atoms with Gasteiger partial charge >= 0.3 is 6.36 Å². The minimum Gasteiger partial charge on any atom is -0.406 e. The largest absolute Gasteiger partial charge is 0.573 e. The molecule has 1 aromatic carbocycles. The summed E-state index contributed by atoms with van der Waals surface area (Å²) in [6.45, 7) is 4.99. The standard InChI is InChI=1S/C16H24F3NO/c1-3-5-7-14(6-4-2)20-12-13-8-10-15(11-9-13)21-16(17,18)19/h8-11,14,20H,3-7,12H2,1-2H3. The predicted octanol–water partition coefficient (Wildman–Crippen LogP) is 5.03. The van der Waals surface area contributed by atoms with Crippen LogP contribution in [0.15, 0.2) is 24.3 Å². The maximum absolute atomic E-state index is 12.1. The normalized spacial score (nSPS) is 13.2. The number of hydrogen-bond donors (Lipinski definition) is 1. The average Bonchev–Trinajstić information content (AvgIpc) is 2.42. The average molecular weight is 303 g/mol. The van der Waals surface area contributed by atoms with E-state index >= 15 is 0 Å². The minimum atomic E-state index is -4.63. The van der Waals surface area contributed by atoms with Crippen molar-refractivity contribution < 1.29 is 17.9 Å². The van der Waals surface area contributed by atoms with Crippen molar-refractivity contribution in [2.24, 2.45) is 0 Å². The molecular weight excluding hydrogens is 279 g/mol. The van der Waals surface area contributed by atoms with Gasteiger partial charge in [0, 0.05) is 12.6 Å². The molecular formula is C16H24F3NO. The molecule has 0 spiro atoms. The molecule has 2 nitrogen and oxygen atoms in total. The molecule has 0 aromatic heterocycles. The Bertz CT molecular complexity index is 390. The fourth-order valence-corrected chi connectivity index (χ4v) is 2.22. The summed E-state index contributed by atoms with van der Waals surface area (Å²) in [6, 6.07) is 6.51. The molecule has 21 heavy (non-hydrogen) atoms. The third-order valence-corrected chi connectivity index (χ3v) is 3.30. The van der Waals surface area contributed by atoms with Gasteiger partial charge in [-0.2, -0.15) is 0 Å². The lowest BCUT2D eigenvalue weighted by atomic mass is 10.0. The first-order chi connectivity index (χ1) is 9.94. The van der Waals surface area contributed by atoms with Crippen LogP contribution in [-0.4, -0.2) is 12.4 Å². The Morgan fingerprint density at radius 3 is 2.24 bits per heavy atom. The lowest BCUT2D eigenvalue weighted by Gasteiger charge is -2.18. The van der Waals surface area contributed by atoms with Crippen molar-refractivity contribution >= 4 is 0 Å². The van der Waals surface area contributed by atoms with E-state index in [-0.39, 0.29) is 5.75 Å². The van der Waals surface area contributed by atoms with E-state index in [2.05, 4.69) is 23.9 Å². The minimum absolute atomic E-state index is 0.178. The smallest absolute Gasteiger partial charge is 0.406 e. The zero-order valence-corrected chi connectivity index (χ0v) is 12.7. The third kappa shape index (κ3) is 7.95. The SMILES string of the molecule is CCCCC(CCC)NCc1ccc(OC(F)(F)F)cc1. The molecule has 1 unspecified atom stereocenters. The molecule has 0 aliphatic carbocycles. The summed E-state index contributed by atoms with van der Waals surface area (Å²) >= 11 is 0. The zero-order chi connectivity index (χ0) is 15.7. The lowest BCUT2D eigenvalue weighted by Crippen LogP contribution is -2.28. The van der Waals surface area contributed by atoms with Crippen molar-refractivity contribution in [1.29, 1.82) is 0 Å². The molecule has 0 bridgehead atoms. The Morgan fingerprint density at radius 2 is 1.71 bits per heavy atom. The van der Waals surface area contributed by atoms with E-state index in [0.29, 0.717) is 12.6 Å². The highest BCUT2D eigenvalue weighted by Gasteiger charge is 2.30. The van der Waals surface area contributed by atoms with Crippen molar-refractivity contribution in [3.8, 4) is 5.75 Å². The summed E-state index contributed by atoms with van der Waals surface area (Å²) in [5.74, 6) is -0.178. The Labute approximate surface area is 124 Å². The number of hydrogen-bond acceptors (Lipinski definition) is 2. The van der Waals surface area contributed by atoms with Crippen LogP contribution in [0.1, 0.15) is 51.5 Å². The van der Waals surface area contributed by atoms with Crippen LogP contribution in [0, 0.1) is 0 Å². The molecule has 0 radical (unpaired) electrons. The van der Waals surface area contributed by atoms with E-state index in [9.17, 15) is 13.2 Å². The predicted molar refractivity (Wildman–Crippen MR) is 78.2 cm³/mol. The Morgan fingerprint density at radius 1 is 1.05 bits per heavy atom. The van der Waals surface area contributed by atoms with E-state index in [0.717, 1.165) is 24.8 Å². The van der Waals surface area contributed by atoms with E-state index in [1.165, 1.54) is 25.0 Å². The molecule has 0 fully saturated rings. The highest BCUT2D eigenvalue weighted by atomic mass is 19.4. The van der Waals surface area contributed by atoms with Crippen LogP contribution in [-0.2, 0) is 6.54 Å². The van der Waals surface area contributed by atoms with E-state index in [4.69, 9.17) is 0 Å². The van der Waals surface area contributed by atoms with Gasteiger partial charge in [0.2, 0.25) is 0 Å². The van der Waals surface area contributed by atoms with Crippen molar-refractivity contribution in [1.82, 2.24) is 5.32 Å². The Balaban J connectivity index is 2.46. The first-order valence-corrected chi connectivity index (χ1v) is 7.52. The van der Waals surface area contributed by atoms with Crippen LogP contribution in [0.3, 0.4) is 0 Å². The molecule has 0 amide bonds. The van der Waals surface area contributed by atoms with Gasteiger partial charge in [-0.05, 0) is 30.5 Å². The number of benzene rings is 1. The van der Waals surface area contributed by atoms with E-state index in [1.54, 1.807) is 12.1 Å². The third-order valence-electron chi connectivity index (χ3n) is 3.30. The van der Waals surface area contributed by atoms with Crippen LogP contribution < -0.4 is 10.1 Å². The summed E-state index contributed by atoms with van der Waals surface area (Å²) in [7, 11) is 0. The second-order valence-electron chi connectivity index (χ2n) is 5.20. The highest BCUT2D eigenvalue weighted by molar-refractivity contribution is 5.27. The van der Waals surface area contributed by atoms with Crippen molar-refractivity contribution in [2.45, 2.75) is 64.9 Å². The molecule has 120 valence electrons. The first-order valence-electron chi connectivity index (χ1n) is 7.52. The molecule has 0 aliphatic heterocycles. The number of halogens is 3. The number of rotatable bonds is 9. The van der Waals surface area contributed by atoms with Crippen LogP contribution in [0.4, 0.5) is 13.2 Å². The molecule has 0 heterocycles. The van der Waals surface area contributed by atoms with Crippen LogP contribution >= 0.6 is 0 Å². The van der Waals surface area contributed by atoms with Crippen LogP contribution in [0.2, 0.25) is 0 Å². The van der Waals surface area contributed by atoms with Gasteiger partial charge in [0.1, 0.15) is 5.75 Å².